The standard InChI is InChI=1S/C17H23FN6O/c1-11(2)23(8-13-6-12(13)3)9-17(25)20-16-7-14(4-5-15(16)18)24-10-19-21-22-24/h4-5,7,10-13H,6,8-9H2,1-3H3,(H,20,25). The van der Waals surface area contributed by atoms with E-state index >= 15 is 0 Å². The maximum Gasteiger partial charge on any atom is 0.238 e. The minimum Gasteiger partial charge on any atom is -0.322 e. The highest BCUT2D eigenvalue weighted by Gasteiger charge is 2.34. The molecule has 1 N–H and O–H groups in total. The van der Waals surface area contributed by atoms with Crippen molar-refractivity contribution in [3.63, 3.8) is 0 Å². The van der Waals surface area contributed by atoms with Crippen LogP contribution in [-0.2, 0) is 4.79 Å². The van der Waals surface area contributed by atoms with Crippen molar-refractivity contribution in [1.82, 2.24) is 25.1 Å². The fraction of sp³-hybridized carbons (Fsp3) is 0.529. The highest BCUT2D eigenvalue weighted by molar-refractivity contribution is 5.92. The molecule has 0 bridgehead atoms. The Kier molecular flexibility index (Phi) is 5.08. The van der Waals surface area contributed by atoms with Crippen molar-refractivity contribution >= 4 is 11.6 Å². The van der Waals surface area contributed by atoms with Crippen LogP contribution in [0.3, 0.4) is 0 Å². The summed E-state index contributed by atoms with van der Waals surface area (Å²) in [5.74, 6) is 0.677. The van der Waals surface area contributed by atoms with E-state index in [2.05, 4.69) is 46.5 Å². The van der Waals surface area contributed by atoms with Crippen LogP contribution >= 0.6 is 0 Å². The fourth-order valence-corrected chi connectivity index (χ4v) is 2.82. The van der Waals surface area contributed by atoms with Gasteiger partial charge in [-0.2, -0.15) is 0 Å². The number of tetrazole rings is 1. The van der Waals surface area contributed by atoms with E-state index in [4.69, 9.17) is 0 Å². The number of nitrogens with zero attached hydrogens (tertiary/aromatic N) is 5. The van der Waals surface area contributed by atoms with E-state index in [-0.39, 0.29) is 24.2 Å². The minimum absolute atomic E-state index is 0.126. The Hall–Kier alpha value is -2.35. The summed E-state index contributed by atoms with van der Waals surface area (Å²) in [4.78, 5) is 14.5. The van der Waals surface area contributed by atoms with Crippen LogP contribution < -0.4 is 5.32 Å². The number of carbonyl (C=O) groups excluding carboxylic acids is 1. The third-order valence-electron chi connectivity index (χ3n) is 4.66. The fourth-order valence-electron chi connectivity index (χ4n) is 2.82. The van der Waals surface area contributed by atoms with Crippen LogP contribution in [0.4, 0.5) is 10.1 Å². The molecule has 2 unspecified atom stereocenters. The maximum absolute atomic E-state index is 14.0. The van der Waals surface area contributed by atoms with E-state index in [1.807, 2.05) is 0 Å². The maximum atomic E-state index is 14.0. The van der Waals surface area contributed by atoms with Crippen molar-refractivity contribution in [3.8, 4) is 5.69 Å². The average Bonchev–Trinajstić information content (AvgIpc) is 3.02. The highest BCUT2D eigenvalue weighted by atomic mass is 19.1. The van der Waals surface area contributed by atoms with Gasteiger partial charge in [-0.05, 0) is 60.7 Å². The predicted octanol–water partition coefficient (Wildman–Crippen LogP) is 2.11. The minimum atomic E-state index is -0.489. The van der Waals surface area contributed by atoms with Gasteiger partial charge in [0.2, 0.25) is 5.91 Å². The lowest BCUT2D eigenvalue weighted by molar-refractivity contribution is -0.117. The Morgan fingerprint density at radius 1 is 1.48 bits per heavy atom. The van der Waals surface area contributed by atoms with Crippen LogP contribution in [-0.4, -0.2) is 50.1 Å². The molecular weight excluding hydrogens is 323 g/mol. The Bertz CT molecular complexity index is 733. The molecule has 1 heterocycles. The molecule has 3 rings (SSSR count). The van der Waals surface area contributed by atoms with Crippen LogP contribution in [0.25, 0.3) is 5.69 Å². The number of aromatic nitrogens is 4. The van der Waals surface area contributed by atoms with Crippen LogP contribution in [0.5, 0.6) is 0 Å². The SMILES string of the molecule is CC1CC1CN(CC(=O)Nc1cc(-n2cnnn2)ccc1F)C(C)C. The van der Waals surface area contributed by atoms with Crippen molar-refractivity contribution < 1.29 is 9.18 Å². The zero-order valence-electron chi connectivity index (χ0n) is 14.7. The second kappa shape index (κ2) is 7.26. The van der Waals surface area contributed by atoms with E-state index in [0.29, 0.717) is 11.6 Å². The molecule has 1 aliphatic rings. The van der Waals surface area contributed by atoms with Gasteiger partial charge in [0, 0.05) is 12.6 Å². The molecule has 1 amide bonds. The Balaban J connectivity index is 1.66. The van der Waals surface area contributed by atoms with Crippen LogP contribution in [0.15, 0.2) is 24.5 Å². The van der Waals surface area contributed by atoms with Gasteiger partial charge in [0.1, 0.15) is 12.1 Å². The van der Waals surface area contributed by atoms with E-state index in [1.165, 1.54) is 29.6 Å². The zero-order valence-corrected chi connectivity index (χ0v) is 14.7. The molecule has 134 valence electrons. The van der Waals surface area contributed by atoms with Crippen molar-refractivity contribution in [2.75, 3.05) is 18.4 Å². The molecule has 7 nitrogen and oxygen atoms in total. The molecule has 0 spiro atoms. The summed E-state index contributed by atoms with van der Waals surface area (Å²) in [6, 6.07) is 4.62. The van der Waals surface area contributed by atoms with E-state index in [1.54, 1.807) is 6.07 Å². The van der Waals surface area contributed by atoms with Crippen LogP contribution in [0, 0.1) is 17.7 Å². The largest absolute Gasteiger partial charge is 0.322 e. The second-order valence-electron chi connectivity index (χ2n) is 6.96. The molecule has 0 radical (unpaired) electrons. The third kappa shape index (κ3) is 4.39. The summed E-state index contributed by atoms with van der Waals surface area (Å²) in [7, 11) is 0. The summed E-state index contributed by atoms with van der Waals surface area (Å²) in [6.45, 7) is 7.51. The quantitative estimate of drug-likeness (QED) is 0.831. The van der Waals surface area contributed by atoms with E-state index in [9.17, 15) is 9.18 Å². The smallest absolute Gasteiger partial charge is 0.238 e. The molecule has 2 aromatic rings. The van der Waals surface area contributed by atoms with Gasteiger partial charge >= 0.3 is 0 Å². The van der Waals surface area contributed by atoms with Crippen molar-refractivity contribution in [2.24, 2.45) is 11.8 Å². The molecule has 1 saturated carbocycles. The van der Waals surface area contributed by atoms with Gasteiger partial charge in [0.15, 0.2) is 0 Å². The molecule has 2 atom stereocenters. The van der Waals surface area contributed by atoms with Crippen molar-refractivity contribution in [3.05, 3.63) is 30.3 Å². The number of rotatable bonds is 7. The van der Waals surface area contributed by atoms with Gasteiger partial charge < -0.3 is 5.32 Å². The third-order valence-corrected chi connectivity index (χ3v) is 4.66. The number of halogens is 1. The first kappa shape index (κ1) is 17.5. The molecule has 1 aromatic carbocycles. The molecule has 25 heavy (non-hydrogen) atoms. The number of anilines is 1. The number of hydrogen-bond donors (Lipinski definition) is 1. The first-order chi connectivity index (χ1) is 11.9. The normalized spacial score (nSPS) is 19.4. The zero-order chi connectivity index (χ0) is 18.0. The Morgan fingerprint density at radius 2 is 2.24 bits per heavy atom. The van der Waals surface area contributed by atoms with Gasteiger partial charge in [-0.1, -0.05) is 6.92 Å². The van der Waals surface area contributed by atoms with E-state index < -0.39 is 5.82 Å². The van der Waals surface area contributed by atoms with Crippen LogP contribution in [0.1, 0.15) is 27.2 Å². The molecule has 1 aromatic heterocycles. The van der Waals surface area contributed by atoms with Crippen molar-refractivity contribution in [2.45, 2.75) is 33.2 Å². The molecule has 0 saturated heterocycles. The predicted molar refractivity (Wildman–Crippen MR) is 91.7 cm³/mol. The average molecular weight is 346 g/mol. The van der Waals surface area contributed by atoms with Gasteiger partial charge in [-0.15, -0.1) is 5.10 Å². The number of carbonyl (C=O) groups is 1. The second-order valence-corrected chi connectivity index (χ2v) is 6.96. The topological polar surface area (TPSA) is 75.9 Å². The molecule has 1 aliphatic carbocycles. The number of nitrogens with one attached hydrogen (secondary N) is 1. The van der Waals surface area contributed by atoms with Crippen molar-refractivity contribution in [1.29, 1.82) is 0 Å². The lowest BCUT2D eigenvalue weighted by Crippen LogP contribution is -2.39. The lowest BCUT2D eigenvalue weighted by Gasteiger charge is -2.26. The van der Waals surface area contributed by atoms with Gasteiger partial charge in [-0.3, -0.25) is 9.69 Å². The monoisotopic (exact) mass is 346 g/mol. The molecule has 1 fully saturated rings. The number of benzene rings is 1. The number of amides is 1. The lowest BCUT2D eigenvalue weighted by atomic mass is 10.2. The van der Waals surface area contributed by atoms with Gasteiger partial charge in [0.05, 0.1) is 17.9 Å². The molecule has 8 heteroatoms. The summed E-state index contributed by atoms with van der Waals surface area (Å²) < 4.78 is 15.5. The Labute approximate surface area is 146 Å². The summed E-state index contributed by atoms with van der Waals surface area (Å²) in [6.07, 6.45) is 2.63. The van der Waals surface area contributed by atoms with Gasteiger partial charge in [0.25, 0.3) is 0 Å². The summed E-state index contributed by atoms with van der Waals surface area (Å²) in [5, 5.41) is 13.5. The first-order valence-corrected chi connectivity index (χ1v) is 8.51. The highest BCUT2D eigenvalue weighted by Crippen LogP contribution is 2.38. The summed E-state index contributed by atoms with van der Waals surface area (Å²) in [5.41, 5.74) is 0.704. The Morgan fingerprint density at radius 3 is 2.84 bits per heavy atom. The first-order valence-electron chi connectivity index (χ1n) is 8.51. The molecular formula is C17H23FN6O. The molecule has 0 aliphatic heterocycles. The van der Waals surface area contributed by atoms with Gasteiger partial charge in [-0.25, -0.2) is 9.07 Å². The van der Waals surface area contributed by atoms with E-state index in [0.717, 1.165) is 12.5 Å². The van der Waals surface area contributed by atoms with Crippen LogP contribution in [0.2, 0.25) is 0 Å². The number of hydrogen-bond acceptors (Lipinski definition) is 5. The summed E-state index contributed by atoms with van der Waals surface area (Å²) >= 11 is 0.